The molecule has 1 fully saturated rings. The lowest BCUT2D eigenvalue weighted by Gasteiger charge is -2.48. The molecule has 1 spiro atoms. The molecule has 2 aliphatic rings. The summed E-state index contributed by atoms with van der Waals surface area (Å²) in [6.45, 7) is 0. The number of ether oxygens (including phenoxy) is 1. The first-order valence-electron chi connectivity index (χ1n) is 10.5. The Hall–Kier alpha value is -3.00. The number of methoxy groups -OCH3 is 1. The molecule has 0 radical (unpaired) electrons. The quantitative estimate of drug-likeness (QED) is 0.704. The van der Waals surface area contributed by atoms with E-state index in [2.05, 4.69) is 15.7 Å². The summed E-state index contributed by atoms with van der Waals surface area (Å²) in [4.78, 5) is 37.3. The van der Waals surface area contributed by atoms with Crippen LogP contribution in [0, 0.1) is 5.41 Å². The fourth-order valence-electron chi connectivity index (χ4n) is 5.54. The van der Waals surface area contributed by atoms with Crippen molar-refractivity contribution in [2.75, 3.05) is 14.2 Å². The average Bonchev–Trinajstić information content (AvgIpc) is 3.05. The van der Waals surface area contributed by atoms with Crippen LogP contribution in [0.4, 0.5) is 0 Å². The number of likely N-dealkylation sites (N-methyl/N-ethyl adjacent to an activating group) is 1. The summed E-state index contributed by atoms with van der Waals surface area (Å²) in [6.07, 6.45) is 6.30. The van der Waals surface area contributed by atoms with Crippen molar-refractivity contribution in [2.45, 2.75) is 43.7 Å². The number of nitrogens with zero attached hydrogens (tertiary/aromatic N) is 2. The highest BCUT2D eigenvalue weighted by atomic mass is 16.5. The molecule has 4 rings (SSSR count). The summed E-state index contributed by atoms with van der Waals surface area (Å²) in [5.74, 6) is -0.228. The standard InChI is InChI=1S/C23H28N4O4/c1-24-21(30)23(25-14-28)19-10-15(17-11-20(29)27(2)26-13-17)4-5-16(19)12-22(23)8-6-18(31-3)7-9-22/h4-5,10-11,13-14,18H,6-9,12H2,1-3H3,(H,24,30)(H,25,28). The first-order chi connectivity index (χ1) is 14.9. The maximum absolute atomic E-state index is 13.4. The van der Waals surface area contributed by atoms with E-state index in [0.29, 0.717) is 18.4 Å². The van der Waals surface area contributed by atoms with E-state index in [4.69, 9.17) is 4.74 Å². The minimum Gasteiger partial charge on any atom is -0.381 e. The number of hydrogen-bond donors (Lipinski definition) is 2. The van der Waals surface area contributed by atoms with Crippen LogP contribution in [0.25, 0.3) is 11.1 Å². The van der Waals surface area contributed by atoms with E-state index in [9.17, 15) is 14.4 Å². The van der Waals surface area contributed by atoms with Gasteiger partial charge < -0.3 is 15.4 Å². The number of amides is 2. The Morgan fingerprint density at radius 1 is 1.26 bits per heavy atom. The lowest BCUT2D eigenvalue weighted by Crippen LogP contribution is -2.62. The Kier molecular flexibility index (Phi) is 5.43. The third-order valence-corrected chi connectivity index (χ3v) is 7.21. The highest BCUT2D eigenvalue weighted by Gasteiger charge is 2.62. The molecule has 2 amide bonds. The molecule has 2 N–H and O–H groups in total. The van der Waals surface area contributed by atoms with Crippen molar-refractivity contribution in [1.29, 1.82) is 0 Å². The predicted molar refractivity (Wildman–Crippen MR) is 115 cm³/mol. The normalized spacial score (nSPS) is 27.0. The van der Waals surface area contributed by atoms with Gasteiger partial charge in [-0.2, -0.15) is 5.10 Å². The van der Waals surface area contributed by atoms with Crippen molar-refractivity contribution < 1.29 is 14.3 Å². The summed E-state index contributed by atoms with van der Waals surface area (Å²) in [5.41, 5.74) is 1.45. The van der Waals surface area contributed by atoms with Gasteiger partial charge in [-0.3, -0.25) is 14.4 Å². The molecule has 31 heavy (non-hydrogen) atoms. The topological polar surface area (TPSA) is 102 Å². The minimum atomic E-state index is -1.18. The molecule has 2 aliphatic carbocycles. The zero-order valence-corrected chi connectivity index (χ0v) is 18.1. The van der Waals surface area contributed by atoms with Crippen LogP contribution in [0.2, 0.25) is 0 Å². The van der Waals surface area contributed by atoms with Crippen LogP contribution >= 0.6 is 0 Å². The summed E-state index contributed by atoms with van der Waals surface area (Å²) in [7, 11) is 4.91. The van der Waals surface area contributed by atoms with Crippen LogP contribution in [0.15, 0.2) is 35.3 Å². The van der Waals surface area contributed by atoms with Gasteiger partial charge in [0.2, 0.25) is 6.41 Å². The average molecular weight is 425 g/mol. The van der Waals surface area contributed by atoms with Crippen molar-refractivity contribution in [3.05, 3.63) is 51.9 Å². The highest BCUT2D eigenvalue weighted by molar-refractivity contribution is 5.92. The van der Waals surface area contributed by atoms with Gasteiger partial charge in [-0.1, -0.05) is 12.1 Å². The highest BCUT2D eigenvalue weighted by Crippen LogP contribution is 2.58. The largest absolute Gasteiger partial charge is 0.381 e. The molecule has 1 aromatic heterocycles. The number of hydrogen-bond acceptors (Lipinski definition) is 5. The van der Waals surface area contributed by atoms with Gasteiger partial charge in [0.25, 0.3) is 11.5 Å². The zero-order valence-electron chi connectivity index (χ0n) is 18.1. The molecule has 1 aromatic carbocycles. The maximum atomic E-state index is 13.4. The van der Waals surface area contributed by atoms with Crippen LogP contribution in [-0.4, -0.2) is 42.4 Å². The number of aryl methyl sites for hydroxylation is 1. The lowest BCUT2D eigenvalue weighted by molar-refractivity contribution is -0.139. The number of benzene rings is 1. The molecular formula is C23H28N4O4. The fourth-order valence-corrected chi connectivity index (χ4v) is 5.54. The second-order valence-electron chi connectivity index (χ2n) is 8.56. The molecule has 8 heteroatoms. The van der Waals surface area contributed by atoms with Gasteiger partial charge in [0.1, 0.15) is 0 Å². The van der Waals surface area contributed by atoms with Crippen molar-refractivity contribution in [3.63, 3.8) is 0 Å². The van der Waals surface area contributed by atoms with Gasteiger partial charge >= 0.3 is 0 Å². The number of carbonyl (C=O) groups excluding carboxylic acids is 2. The Bertz CT molecular complexity index is 1070. The maximum Gasteiger partial charge on any atom is 0.267 e. The van der Waals surface area contributed by atoms with Gasteiger partial charge in [-0.05, 0) is 54.9 Å². The summed E-state index contributed by atoms with van der Waals surface area (Å²) in [5, 5.41) is 9.84. The zero-order chi connectivity index (χ0) is 22.2. The smallest absolute Gasteiger partial charge is 0.267 e. The van der Waals surface area contributed by atoms with Gasteiger partial charge in [-0.25, -0.2) is 4.68 Å². The molecule has 0 bridgehead atoms. The second kappa shape index (κ2) is 7.92. The molecule has 0 aliphatic heterocycles. The van der Waals surface area contributed by atoms with Crippen LogP contribution < -0.4 is 16.2 Å². The van der Waals surface area contributed by atoms with Crippen molar-refractivity contribution in [3.8, 4) is 11.1 Å². The molecule has 1 atom stereocenters. The molecule has 1 saturated carbocycles. The van der Waals surface area contributed by atoms with E-state index in [1.807, 2.05) is 18.2 Å². The Balaban J connectivity index is 1.88. The van der Waals surface area contributed by atoms with Crippen molar-refractivity contribution in [2.24, 2.45) is 12.5 Å². The van der Waals surface area contributed by atoms with E-state index >= 15 is 0 Å². The first kappa shape index (κ1) is 21.2. The van der Waals surface area contributed by atoms with Gasteiger partial charge in [0.05, 0.1) is 12.3 Å². The number of nitrogens with one attached hydrogen (secondary N) is 2. The Morgan fingerprint density at radius 2 is 2.00 bits per heavy atom. The lowest BCUT2D eigenvalue weighted by atomic mass is 9.61. The molecule has 164 valence electrons. The van der Waals surface area contributed by atoms with E-state index in [-0.39, 0.29) is 17.6 Å². The summed E-state index contributed by atoms with van der Waals surface area (Å²) < 4.78 is 6.82. The summed E-state index contributed by atoms with van der Waals surface area (Å²) in [6, 6.07) is 7.40. The van der Waals surface area contributed by atoms with Crippen molar-refractivity contribution >= 4 is 12.3 Å². The Morgan fingerprint density at radius 3 is 2.61 bits per heavy atom. The van der Waals surface area contributed by atoms with Crippen LogP contribution in [0.5, 0.6) is 0 Å². The molecular weight excluding hydrogens is 396 g/mol. The minimum absolute atomic E-state index is 0.162. The third kappa shape index (κ3) is 3.17. The number of fused-ring (bicyclic) bond motifs is 1. The molecule has 0 saturated heterocycles. The molecule has 1 heterocycles. The van der Waals surface area contributed by atoms with Crippen molar-refractivity contribution in [1.82, 2.24) is 20.4 Å². The molecule has 8 nitrogen and oxygen atoms in total. The number of rotatable bonds is 5. The van der Waals surface area contributed by atoms with Gasteiger partial charge in [-0.15, -0.1) is 0 Å². The molecule has 2 aromatic rings. The Labute approximate surface area is 181 Å². The summed E-state index contributed by atoms with van der Waals surface area (Å²) >= 11 is 0. The van der Waals surface area contributed by atoms with Crippen LogP contribution in [0.1, 0.15) is 36.8 Å². The van der Waals surface area contributed by atoms with E-state index in [1.165, 1.54) is 10.7 Å². The second-order valence-corrected chi connectivity index (χ2v) is 8.56. The van der Waals surface area contributed by atoms with E-state index in [1.54, 1.807) is 27.4 Å². The monoisotopic (exact) mass is 424 g/mol. The molecule has 1 unspecified atom stereocenters. The van der Waals surface area contributed by atoms with E-state index < -0.39 is 11.0 Å². The van der Waals surface area contributed by atoms with Gasteiger partial charge in [0.15, 0.2) is 5.54 Å². The fraction of sp³-hybridized carbons (Fsp3) is 0.478. The third-order valence-electron chi connectivity index (χ3n) is 7.21. The van der Waals surface area contributed by atoms with Crippen LogP contribution in [-0.2, 0) is 33.3 Å². The number of carbonyl (C=O) groups is 2. The number of aromatic nitrogens is 2. The van der Waals surface area contributed by atoms with Gasteiger partial charge in [0, 0.05) is 38.2 Å². The van der Waals surface area contributed by atoms with E-state index in [0.717, 1.165) is 42.4 Å². The first-order valence-corrected chi connectivity index (χ1v) is 10.5. The van der Waals surface area contributed by atoms with Crippen LogP contribution in [0.3, 0.4) is 0 Å². The predicted octanol–water partition coefficient (Wildman–Crippen LogP) is 1.27. The SMILES string of the molecule is CNC(=O)C1(NC=O)c2cc(-c3cnn(C)c(=O)c3)ccc2CC12CCC(OC)CC2.